The largest absolute Gasteiger partial charge is 0.391 e. The summed E-state index contributed by atoms with van der Waals surface area (Å²) in [5, 5.41) is 12.1. The summed E-state index contributed by atoms with van der Waals surface area (Å²) in [6.07, 6.45) is 15.2. The maximum atomic E-state index is 11.4. The van der Waals surface area contributed by atoms with Crippen LogP contribution < -0.4 is 11.1 Å². The van der Waals surface area contributed by atoms with Gasteiger partial charge in [0, 0.05) is 13.1 Å². The highest BCUT2D eigenvalue weighted by molar-refractivity contribution is 5.76. The smallest absolute Gasteiger partial charge is 0.222 e. The van der Waals surface area contributed by atoms with Gasteiger partial charge in [-0.15, -0.1) is 0 Å². The maximum absolute atomic E-state index is 11.4. The lowest BCUT2D eigenvalue weighted by Crippen LogP contribution is -2.31. The van der Waals surface area contributed by atoms with Crippen LogP contribution in [-0.2, 0) is 4.79 Å². The van der Waals surface area contributed by atoms with E-state index in [2.05, 4.69) is 12.2 Å². The Labute approximate surface area is 137 Å². The number of carbonyl (C=O) groups excluding carboxylic acids is 1. The molecule has 0 fully saturated rings. The molecule has 0 bridgehead atoms. The van der Waals surface area contributed by atoms with Crippen molar-refractivity contribution in [2.24, 2.45) is 5.73 Å². The maximum Gasteiger partial charge on any atom is 0.222 e. The van der Waals surface area contributed by atoms with Crippen LogP contribution in [-0.4, -0.2) is 30.2 Å². The van der Waals surface area contributed by atoms with E-state index in [4.69, 9.17) is 5.73 Å². The summed E-state index contributed by atoms with van der Waals surface area (Å²) in [6, 6.07) is 0. The Hall–Kier alpha value is -0.610. The molecule has 1 amide bonds. The van der Waals surface area contributed by atoms with Crippen LogP contribution in [0.2, 0.25) is 0 Å². The van der Waals surface area contributed by atoms with Gasteiger partial charge in [0.1, 0.15) is 0 Å². The zero-order chi connectivity index (χ0) is 16.5. The van der Waals surface area contributed by atoms with Crippen molar-refractivity contribution in [1.82, 2.24) is 5.32 Å². The predicted molar refractivity (Wildman–Crippen MR) is 93.8 cm³/mol. The molecule has 4 nitrogen and oxygen atoms in total. The minimum atomic E-state index is -0.707. The lowest BCUT2D eigenvalue weighted by molar-refractivity contribution is -0.122. The van der Waals surface area contributed by atoms with Crippen molar-refractivity contribution in [2.45, 2.75) is 96.5 Å². The molecule has 22 heavy (non-hydrogen) atoms. The molecule has 0 saturated carbocycles. The molecule has 132 valence electrons. The molecule has 1 atom stereocenters. The number of hydrogen-bond acceptors (Lipinski definition) is 3. The van der Waals surface area contributed by atoms with Gasteiger partial charge in [-0.3, -0.25) is 4.79 Å². The summed E-state index contributed by atoms with van der Waals surface area (Å²) in [7, 11) is 0. The number of rotatable bonds is 16. The van der Waals surface area contributed by atoms with Gasteiger partial charge in [-0.05, 0) is 6.42 Å². The average molecular weight is 315 g/mol. The fraction of sp³-hybridized carbons (Fsp3) is 0.944. The Morgan fingerprint density at radius 3 is 1.82 bits per heavy atom. The Morgan fingerprint density at radius 2 is 1.36 bits per heavy atom. The van der Waals surface area contributed by atoms with E-state index in [1.165, 1.54) is 70.6 Å². The summed E-state index contributed by atoms with van der Waals surface area (Å²) in [5.74, 6) is -0.0963. The van der Waals surface area contributed by atoms with E-state index < -0.39 is 6.10 Å². The number of nitrogens with two attached hydrogens (primary N) is 1. The Morgan fingerprint density at radius 1 is 0.909 bits per heavy atom. The molecule has 0 aromatic heterocycles. The molecule has 4 N–H and O–H groups in total. The Balaban J connectivity index is 3.12. The van der Waals surface area contributed by atoms with E-state index in [1.54, 1.807) is 0 Å². The van der Waals surface area contributed by atoms with E-state index in [0.717, 1.165) is 6.42 Å². The van der Waals surface area contributed by atoms with Gasteiger partial charge in [-0.1, -0.05) is 77.6 Å². The summed E-state index contributed by atoms with van der Waals surface area (Å²) in [6.45, 7) is 3.12. The number of carbonyl (C=O) groups is 1. The topological polar surface area (TPSA) is 75.3 Å². The third-order valence-corrected chi connectivity index (χ3v) is 4.05. The first-order chi connectivity index (χ1) is 10.7. The Kier molecular flexibility index (Phi) is 16.3. The average Bonchev–Trinajstić information content (AvgIpc) is 2.51. The molecule has 0 aromatic carbocycles. The molecule has 0 rings (SSSR count). The van der Waals surface area contributed by atoms with Gasteiger partial charge in [0.2, 0.25) is 5.91 Å². The van der Waals surface area contributed by atoms with E-state index in [9.17, 15) is 9.90 Å². The summed E-state index contributed by atoms with van der Waals surface area (Å²) < 4.78 is 0. The van der Waals surface area contributed by atoms with E-state index >= 15 is 0 Å². The number of unbranched alkanes of at least 4 members (excludes halogenated alkanes) is 11. The van der Waals surface area contributed by atoms with E-state index in [1.807, 2.05) is 0 Å². The molecule has 0 aliphatic heterocycles. The van der Waals surface area contributed by atoms with E-state index in [0.29, 0.717) is 6.54 Å². The molecule has 0 heterocycles. The molecule has 0 radical (unpaired) electrons. The minimum Gasteiger partial charge on any atom is -0.391 e. The van der Waals surface area contributed by atoms with Crippen LogP contribution in [0.3, 0.4) is 0 Å². The second kappa shape index (κ2) is 16.8. The molecule has 4 heteroatoms. The lowest BCUT2D eigenvalue weighted by Gasteiger charge is -2.08. The third-order valence-electron chi connectivity index (χ3n) is 4.05. The van der Waals surface area contributed by atoms with Crippen molar-refractivity contribution in [2.75, 3.05) is 13.1 Å². The summed E-state index contributed by atoms with van der Waals surface area (Å²) in [5.41, 5.74) is 5.26. The molecule has 1 unspecified atom stereocenters. The summed E-state index contributed by atoms with van der Waals surface area (Å²) in [4.78, 5) is 11.4. The van der Waals surface area contributed by atoms with Crippen LogP contribution in [0.25, 0.3) is 0 Å². The van der Waals surface area contributed by atoms with Crippen molar-refractivity contribution in [3.05, 3.63) is 0 Å². The number of nitrogens with one attached hydrogen (secondary N) is 1. The van der Waals surface area contributed by atoms with Gasteiger partial charge in [0.05, 0.1) is 12.5 Å². The van der Waals surface area contributed by atoms with Crippen LogP contribution in [0, 0.1) is 0 Å². The van der Waals surface area contributed by atoms with Gasteiger partial charge in [0.25, 0.3) is 0 Å². The first-order valence-electron chi connectivity index (χ1n) is 9.35. The van der Waals surface area contributed by atoms with Crippen molar-refractivity contribution >= 4 is 5.91 Å². The molecule has 0 saturated heterocycles. The summed E-state index contributed by atoms with van der Waals surface area (Å²) >= 11 is 0. The molecular weight excluding hydrogens is 276 g/mol. The fourth-order valence-corrected chi connectivity index (χ4v) is 2.56. The fourth-order valence-electron chi connectivity index (χ4n) is 2.56. The van der Waals surface area contributed by atoms with Crippen LogP contribution >= 0.6 is 0 Å². The van der Waals surface area contributed by atoms with Gasteiger partial charge in [0.15, 0.2) is 0 Å². The molecular formula is C18H38N2O2. The van der Waals surface area contributed by atoms with Crippen molar-refractivity contribution in [3.8, 4) is 0 Å². The van der Waals surface area contributed by atoms with Crippen LogP contribution in [0.5, 0.6) is 0 Å². The van der Waals surface area contributed by atoms with Crippen LogP contribution in [0.15, 0.2) is 0 Å². The SMILES string of the molecule is CCCCCCCCCCCCCCNC(=O)CC(O)CN. The highest BCUT2D eigenvalue weighted by atomic mass is 16.3. The predicted octanol–water partition coefficient (Wildman–Crippen LogP) is 3.51. The molecule has 0 aliphatic rings. The number of aliphatic hydroxyl groups excluding tert-OH is 1. The first kappa shape index (κ1) is 21.4. The second-order valence-corrected chi connectivity index (χ2v) is 6.33. The third kappa shape index (κ3) is 15.8. The lowest BCUT2D eigenvalue weighted by atomic mass is 10.1. The van der Waals surface area contributed by atoms with Gasteiger partial charge < -0.3 is 16.2 Å². The van der Waals surface area contributed by atoms with Crippen LogP contribution in [0.4, 0.5) is 0 Å². The molecule has 0 spiro atoms. The van der Waals surface area contributed by atoms with Gasteiger partial charge in [-0.2, -0.15) is 0 Å². The van der Waals surface area contributed by atoms with Crippen molar-refractivity contribution in [1.29, 1.82) is 0 Å². The van der Waals surface area contributed by atoms with E-state index in [-0.39, 0.29) is 18.9 Å². The standard InChI is InChI=1S/C18H38N2O2/c1-2-3-4-5-6-7-8-9-10-11-12-13-14-20-18(22)15-17(21)16-19/h17,21H,2-16,19H2,1H3,(H,20,22). The minimum absolute atomic E-state index is 0.0963. The monoisotopic (exact) mass is 314 g/mol. The first-order valence-corrected chi connectivity index (χ1v) is 9.35. The van der Waals surface area contributed by atoms with Crippen molar-refractivity contribution < 1.29 is 9.90 Å². The highest BCUT2D eigenvalue weighted by Gasteiger charge is 2.07. The zero-order valence-electron chi connectivity index (χ0n) is 14.6. The Bertz CT molecular complexity index is 247. The highest BCUT2D eigenvalue weighted by Crippen LogP contribution is 2.11. The number of amides is 1. The molecule has 0 aliphatic carbocycles. The second-order valence-electron chi connectivity index (χ2n) is 6.33. The van der Waals surface area contributed by atoms with Gasteiger partial charge >= 0.3 is 0 Å². The number of hydrogen-bond donors (Lipinski definition) is 3. The number of aliphatic hydroxyl groups is 1. The van der Waals surface area contributed by atoms with Gasteiger partial charge in [-0.25, -0.2) is 0 Å². The van der Waals surface area contributed by atoms with Crippen molar-refractivity contribution in [3.63, 3.8) is 0 Å². The molecule has 0 aromatic rings. The quantitative estimate of drug-likeness (QED) is 0.382. The van der Waals surface area contributed by atoms with Crippen LogP contribution in [0.1, 0.15) is 90.4 Å². The zero-order valence-corrected chi connectivity index (χ0v) is 14.6. The normalized spacial score (nSPS) is 12.3.